The molecule has 3 rings (SSSR count). The van der Waals surface area contributed by atoms with Crippen LogP contribution in [0.25, 0.3) is 0 Å². The van der Waals surface area contributed by atoms with Crippen LogP contribution in [0.15, 0.2) is 30.3 Å². The lowest BCUT2D eigenvalue weighted by Crippen LogP contribution is -2.52. The molecule has 0 saturated carbocycles. The second-order valence-corrected chi connectivity index (χ2v) is 8.52. The number of piperidine rings is 1. The van der Waals surface area contributed by atoms with Crippen molar-refractivity contribution in [2.24, 2.45) is 11.8 Å². The minimum atomic E-state index is 0.00387. The van der Waals surface area contributed by atoms with E-state index in [4.69, 9.17) is 0 Å². The summed E-state index contributed by atoms with van der Waals surface area (Å²) in [6.45, 7) is 13.7. The lowest BCUT2D eigenvalue weighted by atomic mass is 9.91. The molecule has 144 valence electrons. The molecule has 0 N–H and O–H groups in total. The first kappa shape index (κ1) is 19.4. The van der Waals surface area contributed by atoms with E-state index in [-0.39, 0.29) is 6.04 Å². The lowest BCUT2D eigenvalue weighted by molar-refractivity contribution is -0.139. The zero-order valence-corrected chi connectivity index (χ0v) is 16.7. The van der Waals surface area contributed by atoms with Gasteiger partial charge in [0.25, 0.3) is 0 Å². The van der Waals surface area contributed by atoms with Crippen LogP contribution in [-0.4, -0.2) is 65.9 Å². The van der Waals surface area contributed by atoms with Gasteiger partial charge in [0.15, 0.2) is 0 Å². The maximum Gasteiger partial charge on any atom is 0.239 e. The van der Waals surface area contributed by atoms with Gasteiger partial charge in [-0.1, -0.05) is 44.2 Å². The lowest BCUT2D eigenvalue weighted by Gasteiger charge is -2.38. The van der Waals surface area contributed by atoms with Gasteiger partial charge in [-0.05, 0) is 43.7 Å². The van der Waals surface area contributed by atoms with Crippen LogP contribution in [0.4, 0.5) is 0 Å². The van der Waals surface area contributed by atoms with Gasteiger partial charge in [0.2, 0.25) is 5.91 Å². The molecule has 0 radical (unpaired) electrons. The topological polar surface area (TPSA) is 26.8 Å². The predicted octanol–water partition coefficient (Wildman–Crippen LogP) is 3.09. The fourth-order valence-corrected chi connectivity index (χ4v) is 4.64. The second kappa shape index (κ2) is 9.01. The van der Waals surface area contributed by atoms with Gasteiger partial charge in [-0.15, -0.1) is 0 Å². The van der Waals surface area contributed by atoms with Crippen LogP contribution in [0, 0.1) is 11.8 Å². The monoisotopic (exact) mass is 357 g/mol. The molecule has 1 aromatic rings. The van der Waals surface area contributed by atoms with E-state index in [1.807, 2.05) is 0 Å². The highest BCUT2D eigenvalue weighted by atomic mass is 16.2. The summed E-state index contributed by atoms with van der Waals surface area (Å²) in [7, 11) is 0. The average Bonchev–Trinajstić information content (AvgIpc) is 2.86. The molecule has 1 amide bonds. The normalized spacial score (nSPS) is 27.1. The summed E-state index contributed by atoms with van der Waals surface area (Å²) < 4.78 is 0. The molecule has 4 heteroatoms. The highest BCUT2D eigenvalue weighted by Gasteiger charge is 2.31. The van der Waals surface area contributed by atoms with Crippen molar-refractivity contribution in [1.29, 1.82) is 0 Å². The van der Waals surface area contributed by atoms with Crippen molar-refractivity contribution in [3.05, 3.63) is 35.9 Å². The first-order valence-corrected chi connectivity index (χ1v) is 10.3. The predicted molar refractivity (Wildman–Crippen MR) is 107 cm³/mol. The van der Waals surface area contributed by atoms with Gasteiger partial charge >= 0.3 is 0 Å². The number of carbonyl (C=O) groups is 1. The van der Waals surface area contributed by atoms with Gasteiger partial charge in [-0.2, -0.15) is 0 Å². The molecule has 0 spiro atoms. The molecule has 0 aromatic heterocycles. The summed E-state index contributed by atoms with van der Waals surface area (Å²) in [6, 6.07) is 10.7. The molecular weight excluding hydrogens is 322 g/mol. The van der Waals surface area contributed by atoms with E-state index in [2.05, 4.69) is 65.8 Å². The van der Waals surface area contributed by atoms with Crippen molar-refractivity contribution in [1.82, 2.24) is 14.7 Å². The van der Waals surface area contributed by atoms with E-state index in [9.17, 15) is 4.79 Å². The van der Waals surface area contributed by atoms with Crippen molar-refractivity contribution in [2.75, 3.05) is 39.3 Å². The maximum atomic E-state index is 13.0. The SMILES string of the molecule is CC1CC(C)CN(C(=O)C(C)N2CCCN(Cc3ccccc3)CC2)C1. The van der Waals surface area contributed by atoms with Crippen molar-refractivity contribution < 1.29 is 4.79 Å². The van der Waals surface area contributed by atoms with Crippen LogP contribution in [0.3, 0.4) is 0 Å². The largest absolute Gasteiger partial charge is 0.341 e. The molecule has 3 unspecified atom stereocenters. The average molecular weight is 358 g/mol. The highest BCUT2D eigenvalue weighted by Crippen LogP contribution is 2.22. The van der Waals surface area contributed by atoms with E-state index in [1.165, 1.54) is 12.0 Å². The second-order valence-electron chi connectivity index (χ2n) is 8.52. The van der Waals surface area contributed by atoms with Crippen molar-refractivity contribution in [2.45, 2.75) is 46.2 Å². The van der Waals surface area contributed by atoms with Crippen molar-refractivity contribution in [3.8, 4) is 0 Å². The molecule has 1 aromatic carbocycles. The van der Waals surface area contributed by atoms with Crippen LogP contribution in [0.2, 0.25) is 0 Å². The van der Waals surface area contributed by atoms with Gasteiger partial charge in [-0.3, -0.25) is 14.6 Å². The maximum absolute atomic E-state index is 13.0. The number of rotatable bonds is 4. The summed E-state index contributed by atoms with van der Waals surface area (Å²) >= 11 is 0. The fraction of sp³-hybridized carbons (Fsp3) is 0.682. The van der Waals surface area contributed by atoms with Gasteiger partial charge in [0, 0.05) is 39.3 Å². The van der Waals surface area contributed by atoms with E-state index >= 15 is 0 Å². The Morgan fingerprint density at radius 2 is 1.73 bits per heavy atom. The minimum Gasteiger partial charge on any atom is -0.341 e. The van der Waals surface area contributed by atoms with Crippen LogP contribution in [0.1, 0.15) is 39.2 Å². The molecule has 3 atom stereocenters. The Hall–Kier alpha value is -1.39. The molecule has 4 nitrogen and oxygen atoms in total. The molecule has 26 heavy (non-hydrogen) atoms. The number of likely N-dealkylation sites (tertiary alicyclic amines) is 1. The number of amides is 1. The Labute approximate surface area is 159 Å². The van der Waals surface area contributed by atoms with E-state index in [0.29, 0.717) is 17.7 Å². The Kier molecular flexibility index (Phi) is 6.71. The first-order chi connectivity index (χ1) is 12.5. The summed E-state index contributed by atoms with van der Waals surface area (Å²) in [5.74, 6) is 1.58. The Bertz CT molecular complexity index is 566. The summed E-state index contributed by atoms with van der Waals surface area (Å²) in [6.07, 6.45) is 2.38. The minimum absolute atomic E-state index is 0.00387. The third-order valence-corrected chi connectivity index (χ3v) is 5.96. The molecule has 2 saturated heterocycles. The smallest absolute Gasteiger partial charge is 0.239 e. The van der Waals surface area contributed by atoms with E-state index in [1.54, 1.807) is 0 Å². The van der Waals surface area contributed by atoms with Crippen LogP contribution >= 0.6 is 0 Å². The van der Waals surface area contributed by atoms with Crippen LogP contribution < -0.4 is 0 Å². The Morgan fingerprint density at radius 1 is 1.04 bits per heavy atom. The Morgan fingerprint density at radius 3 is 2.42 bits per heavy atom. The third kappa shape index (κ3) is 5.08. The van der Waals surface area contributed by atoms with E-state index < -0.39 is 0 Å². The van der Waals surface area contributed by atoms with Crippen LogP contribution in [-0.2, 0) is 11.3 Å². The van der Waals surface area contributed by atoms with Crippen molar-refractivity contribution in [3.63, 3.8) is 0 Å². The summed E-state index contributed by atoms with van der Waals surface area (Å²) in [5.41, 5.74) is 1.38. The first-order valence-electron chi connectivity index (χ1n) is 10.3. The molecule has 0 bridgehead atoms. The molecule has 2 aliphatic rings. The fourth-order valence-electron chi connectivity index (χ4n) is 4.64. The standard InChI is InChI=1S/C22H35N3O/c1-18-14-19(2)16-25(15-18)22(26)20(3)24-11-7-10-23(12-13-24)17-21-8-5-4-6-9-21/h4-6,8-9,18-20H,7,10-17H2,1-3H3. The zero-order valence-electron chi connectivity index (χ0n) is 16.7. The number of benzene rings is 1. The molecule has 2 fully saturated rings. The highest BCUT2D eigenvalue weighted by molar-refractivity contribution is 5.81. The van der Waals surface area contributed by atoms with Gasteiger partial charge in [0.05, 0.1) is 6.04 Å². The number of nitrogens with zero attached hydrogens (tertiary/aromatic N) is 3. The number of hydrogen-bond acceptors (Lipinski definition) is 3. The van der Waals surface area contributed by atoms with Crippen molar-refractivity contribution >= 4 is 5.91 Å². The quantitative estimate of drug-likeness (QED) is 0.828. The third-order valence-electron chi connectivity index (χ3n) is 5.96. The number of carbonyl (C=O) groups excluding carboxylic acids is 1. The Balaban J connectivity index is 1.53. The van der Waals surface area contributed by atoms with Gasteiger partial charge in [0.1, 0.15) is 0 Å². The van der Waals surface area contributed by atoms with Crippen LogP contribution in [0.5, 0.6) is 0 Å². The van der Waals surface area contributed by atoms with Gasteiger partial charge in [-0.25, -0.2) is 0 Å². The zero-order chi connectivity index (χ0) is 18.5. The summed E-state index contributed by atoms with van der Waals surface area (Å²) in [4.78, 5) is 20.1. The number of hydrogen-bond donors (Lipinski definition) is 0. The van der Waals surface area contributed by atoms with Gasteiger partial charge < -0.3 is 4.90 Å². The summed E-state index contributed by atoms with van der Waals surface area (Å²) in [5, 5.41) is 0. The molecular formula is C22H35N3O. The molecule has 2 heterocycles. The van der Waals surface area contributed by atoms with E-state index in [0.717, 1.165) is 52.2 Å². The molecule has 0 aliphatic carbocycles. The molecule has 2 aliphatic heterocycles.